The molecule has 0 amide bonds. The fourth-order valence-electron chi connectivity index (χ4n) is 2.66. The van der Waals surface area contributed by atoms with Gasteiger partial charge in [-0.15, -0.1) is 0 Å². The maximum atomic E-state index is 12.6. The number of rotatable bonds is 8. The van der Waals surface area contributed by atoms with Crippen molar-refractivity contribution >= 4 is 11.9 Å². The van der Waals surface area contributed by atoms with Crippen molar-refractivity contribution in [1.29, 1.82) is 0 Å². The Morgan fingerprint density at radius 3 is 2.21 bits per heavy atom. The van der Waals surface area contributed by atoms with Crippen molar-refractivity contribution < 1.29 is 29.3 Å². The number of aliphatic hydroxyl groups excluding tert-OH is 1. The third kappa shape index (κ3) is 3.94. The summed E-state index contributed by atoms with van der Waals surface area (Å²) in [7, 11) is 0. The summed E-state index contributed by atoms with van der Waals surface area (Å²) in [4.78, 5) is 25.1. The SMILES string of the molecule is CCOC(=O)C(c1ccccc1CO)C(O)(C(=O)OCC)C(C)C. The Morgan fingerprint density at radius 2 is 1.71 bits per heavy atom. The van der Waals surface area contributed by atoms with Crippen LogP contribution >= 0.6 is 0 Å². The summed E-state index contributed by atoms with van der Waals surface area (Å²) in [5, 5.41) is 20.7. The molecule has 0 spiro atoms. The van der Waals surface area contributed by atoms with Crippen LogP contribution in [-0.2, 0) is 25.7 Å². The van der Waals surface area contributed by atoms with Gasteiger partial charge in [-0.05, 0) is 30.9 Å². The summed E-state index contributed by atoms with van der Waals surface area (Å²) in [6.07, 6.45) is 0. The predicted octanol–water partition coefficient (Wildman–Crippen LogP) is 1.78. The van der Waals surface area contributed by atoms with Crippen LogP contribution in [0.25, 0.3) is 0 Å². The summed E-state index contributed by atoms with van der Waals surface area (Å²) in [5.41, 5.74) is -1.31. The van der Waals surface area contributed by atoms with Crippen molar-refractivity contribution in [1.82, 2.24) is 0 Å². The Labute approximate surface area is 142 Å². The van der Waals surface area contributed by atoms with Crippen molar-refractivity contribution in [3.05, 3.63) is 35.4 Å². The number of carbonyl (C=O) groups is 2. The molecule has 0 heterocycles. The van der Waals surface area contributed by atoms with Gasteiger partial charge in [-0.25, -0.2) is 4.79 Å². The molecule has 0 aliphatic rings. The average molecular weight is 338 g/mol. The van der Waals surface area contributed by atoms with E-state index in [1.54, 1.807) is 52.0 Å². The summed E-state index contributed by atoms with van der Waals surface area (Å²) >= 11 is 0. The van der Waals surface area contributed by atoms with E-state index in [2.05, 4.69) is 0 Å². The molecule has 2 atom stereocenters. The molecule has 0 radical (unpaired) electrons. The molecule has 6 nitrogen and oxygen atoms in total. The lowest BCUT2D eigenvalue weighted by Gasteiger charge is -2.36. The van der Waals surface area contributed by atoms with Crippen LogP contribution in [0.1, 0.15) is 44.7 Å². The van der Waals surface area contributed by atoms with E-state index in [1.807, 2.05) is 0 Å². The van der Waals surface area contributed by atoms with Crippen LogP contribution in [-0.4, -0.2) is 41.0 Å². The van der Waals surface area contributed by atoms with Crippen molar-refractivity contribution in [2.45, 2.75) is 45.8 Å². The standard InChI is InChI=1S/C18H26O6/c1-5-23-16(20)15(14-10-8-7-9-13(14)11-19)18(22,12(3)4)17(21)24-6-2/h7-10,12,15,19,22H,5-6,11H2,1-4H3. The second kappa shape index (κ2) is 8.80. The van der Waals surface area contributed by atoms with E-state index in [1.165, 1.54) is 0 Å². The van der Waals surface area contributed by atoms with Crippen LogP contribution in [0, 0.1) is 5.92 Å². The van der Waals surface area contributed by atoms with Crippen molar-refractivity contribution in [2.24, 2.45) is 5.92 Å². The second-order valence-corrected chi connectivity index (χ2v) is 5.74. The fourth-order valence-corrected chi connectivity index (χ4v) is 2.66. The number of hydrogen-bond donors (Lipinski definition) is 2. The second-order valence-electron chi connectivity index (χ2n) is 5.74. The van der Waals surface area contributed by atoms with Gasteiger partial charge in [-0.3, -0.25) is 4.79 Å². The highest BCUT2D eigenvalue weighted by molar-refractivity contribution is 5.91. The maximum absolute atomic E-state index is 12.6. The zero-order valence-electron chi connectivity index (χ0n) is 14.6. The smallest absolute Gasteiger partial charge is 0.339 e. The molecule has 0 aliphatic carbocycles. The van der Waals surface area contributed by atoms with E-state index in [0.29, 0.717) is 11.1 Å². The zero-order valence-corrected chi connectivity index (χ0v) is 14.6. The van der Waals surface area contributed by atoms with E-state index in [4.69, 9.17) is 9.47 Å². The molecular formula is C18H26O6. The number of hydrogen-bond acceptors (Lipinski definition) is 6. The molecule has 0 saturated carbocycles. The van der Waals surface area contributed by atoms with Gasteiger partial charge in [0.05, 0.1) is 19.8 Å². The van der Waals surface area contributed by atoms with Crippen LogP contribution in [0.3, 0.4) is 0 Å². The fraction of sp³-hybridized carbons (Fsp3) is 0.556. The molecule has 2 N–H and O–H groups in total. The van der Waals surface area contributed by atoms with Crippen LogP contribution < -0.4 is 0 Å². The van der Waals surface area contributed by atoms with E-state index in [0.717, 1.165) is 0 Å². The molecule has 1 aromatic rings. The Bertz CT molecular complexity index is 568. The lowest BCUT2D eigenvalue weighted by molar-refractivity contribution is -0.181. The first kappa shape index (κ1) is 20.1. The minimum atomic E-state index is -2.10. The molecule has 0 saturated heterocycles. The quantitative estimate of drug-likeness (QED) is 0.702. The molecule has 6 heteroatoms. The van der Waals surface area contributed by atoms with Crippen molar-refractivity contribution in [3.63, 3.8) is 0 Å². The van der Waals surface area contributed by atoms with Gasteiger partial charge in [0.15, 0.2) is 5.60 Å². The molecule has 0 aliphatic heterocycles. The van der Waals surface area contributed by atoms with Gasteiger partial charge in [0.2, 0.25) is 0 Å². The molecule has 2 unspecified atom stereocenters. The third-order valence-corrected chi connectivity index (χ3v) is 3.98. The summed E-state index contributed by atoms with van der Waals surface area (Å²) < 4.78 is 10.1. The molecule has 0 fully saturated rings. The van der Waals surface area contributed by atoms with Crippen LogP contribution in [0.15, 0.2) is 24.3 Å². The first-order chi connectivity index (χ1) is 11.3. The normalized spacial score (nSPS) is 14.8. The van der Waals surface area contributed by atoms with Crippen molar-refractivity contribution in [3.8, 4) is 0 Å². The van der Waals surface area contributed by atoms with E-state index in [-0.39, 0.29) is 19.8 Å². The zero-order chi connectivity index (χ0) is 18.3. The van der Waals surface area contributed by atoms with Gasteiger partial charge in [0.25, 0.3) is 0 Å². The Kier molecular flexibility index (Phi) is 7.38. The van der Waals surface area contributed by atoms with Gasteiger partial charge >= 0.3 is 11.9 Å². The maximum Gasteiger partial charge on any atom is 0.339 e. The molecule has 1 rings (SSSR count). The number of aliphatic hydroxyl groups is 2. The van der Waals surface area contributed by atoms with E-state index in [9.17, 15) is 19.8 Å². The number of benzene rings is 1. The Hall–Kier alpha value is -1.92. The first-order valence-electron chi connectivity index (χ1n) is 8.09. The van der Waals surface area contributed by atoms with Gasteiger partial charge < -0.3 is 19.7 Å². The largest absolute Gasteiger partial charge is 0.465 e. The highest BCUT2D eigenvalue weighted by Crippen LogP contribution is 2.38. The lowest BCUT2D eigenvalue weighted by Crippen LogP contribution is -2.53. The Balaban J connectivity index is 3.55. The van der Waals surface area contributed by atoms with E-state index < -0.39 is 29.4 Å². The predicted molar refractivity (Wildman–Crippen MR) is 88.2 cm³/mol. The molecule has 24 heavy (non-hydrogen) atoms. The van der Waals surface area contributed by atoms with Gasteiger partial charge in [-0.2, -0.15) is 0 Å². The van der Waals surface area contributed by atoms with Crippen molar-refractivity contribution in [2.75, 3.05) is 13.2 Å². The molecule has 0 bridgehead atoms. The topological polar surface area (TPSA) is 93.1 Å². The van der Waals surface area contributed by atoms with Gasteiger partial charge in [0, 0.05) is 0 Å². The van der Waals surface area contributed by atoms with E-state index >= 15 is 0 Å². The van der Waals surface area contributed by atoms with Crippen LogP contribution in [0.2, 0.25) is 0 Å². The molecule has 1 aromatic carbocycles. The average Bonchev–Trinajstić information content (AvgIpc) is 2.55. The summed E-state index contributed by atoms with van der Waals surface area (Å²) in [6.45, 7) is 6.38. The molecular weight excluding hydrogens is 312 g/mol. The number of esters is 2. The van der Waals surface area contributed by atoms with Gasteiger partial charge in [-0.1, -0.05) is 38.1 Å². The Morgan fingerprint density at radius 1 is 1.12 bits per heavy atom. The van der Waals surface area contributed by atoms with Crippen LogP contribution in [0.5, 0.6) is 0 Å². The number of carbonyl (C=O) groups excluding carboxylic acids is 2. The van der Waals surface area contributed by atoms with Crippen LogP contribution in [0.4, 0.5) is 0 Å². The highest BCUT2D eigenvalue weighted by atomic mass is 16.6. The highest BCUT2D eigenvalue weighted by Gasteiger charge is 2.53. The molecule has 134 valence electrons. The first-order valence-corrected chi connectivity index (χ1v) is 8.09. The van der Waals surface area contributed by atoms with Gasteiger partial charge in [0.1, 0.15) is 5.92 Å². The summed E-state index contributed by atoms with van der Waals surface area (Å²) in [5.74, 6) is -3.52. The monoisotopic (exact) mass is 338 g/mol. The minimum Gasteiger partial charge on any atom is -0.465 e. The minimum absolute atomic E-state index is 0.0745. The lowest BCUT2D eigenvalue weighted by atomic mass is 9.73. The number of ether oxygens (including phenoxy) is 2. The third-order valence-electron chi connectivity index (χ3n) is 3.98. The molecule has 0 aromatic heterocycles. The summed E-state index contributed by atoms with van der Waals surface area (Å²) in [6, 6.07) is 6.61.